The molecule has 0 saturated carbocycles. The monoisotopic (exact) mass is 181 g/mol. The Morgan fingerprint density at radius 1 is 1.69 bits per heavy atom. The van der Waals surface area contributed by atoms with E-state index in [0.29, 0.717) is 6.54 Å². The Bertz CT molecular complexity index is 265. The van der Waals surface area contributed by atoms with Crippen molar-refractivity contribution >= 4 is 5.82 Å². The van der Waals surface area contributed by atoms with Gasteiger partial charge in [0, 0.05) is 18.8 Å². The number of nitrogens with one attached hydrogen (secondary N) is 1. The lowest BCUT2D eigenvalue weighted by Gasteiger charge is -2.10. The van der Waals surface area contributed by atoms with Gasteiger partial charge >= 0.3 is 0 Å². The van der Waals surface area contributed by atoms with Gasteiger partial charge in [0.15, 0.2) is 0 Å². The number of hydrogen-bond acceptors (Lipinski definition) is 4. The zero-order chi connectivity index (χ0) is 9.68. The summed E-state index contributed by atoms with van der Waals surface area (Å²) in [5, 5.41) is 11.7. The lowest BCUT2D eigenvalue weighted by molar-refractivity contribution is 0.270. The molecular weight excluding hydrogens is 166 g/mol. The predicted molar refractivity (Wildman–Crippen MR) is 52.5 cm³/mol. The van der Waals surface area contributed by atoms with E-state index in [4.69, 9.17) is 10.8 Å². The van der Waals surface area contributed by atoms with Gasteiger partial charge in [-0.3, -0.25) is 0 Å². The van der Waals surface area contributed by atoms with E-state index < -0.39 is 0 Å². The fourth-order valence-electron chi connectivity index (χ4n) is 0.933. The van der Waals surface area contributed by atoms with Crippen LogP contribution in [0.25, 0.3) is 0 Å². The first-order valence-electron chi connectivity index (χ1n) is 4.25. The first-order chi connectivity index (χ1) is 6.22. The molecule has 0 aliphatic heterocycles. The van der Waals surface area contributed by atoms with Crippen molar-refractivity contribution in [3.05, 3.63) is 23.9 Å². The molecule has 0 fully saturated rings. The number of aliphatic hydroxyl groups excluding tert-OH is 1. The second-order valence-electron chi connectivity index (χ2n) is 3.04. The second-order valence-corrected chi connectivity index (χ2v) is 3.04. The summed E-state index contributed by atoms with van der Waals surface area (Å²) < 4.78 is 0. The Balaban J connectivity index is 2.45. The largest absolute Gasteiger partial charge is 0.395 e. The van der Waals surface area contributed by atoms with Gasteiger partial charge in [-0.2, -0.15) is 0 Å². The molecule has 0 amide bonds. The van der Waals surface area contributed by atoms with E-state index in [0.717, 1.165) is 11.4 Å². The summed E-state index contributed by atoms with van der Waals surface area (Å²) in [4.78, 5) is 4.10. The minimum Gasteiger partial charge on any atom is -0.395 e. The van der Waals surface area contributed by atoms with Crippen LogP contribution in [0.4, 0.5) is 5.82 Å². The van der Waals surface area contributed by atoms with Crippen molar-refractivity contribution in [2.24, 2.45) is 5.73 Å². The van der Waals surface area contributed by atoms with Crippen molar-refractivity contribution in [2.45, 2.75) is 13.0 Å². The van der Waals surface area contributed by atoms with Crippen molar-refractivity contribution in [1.29, 1.82) is 0 Å². The van der Waals surface area contributed by atoms with Crippen molar-refractivity contribution in [1.82, 2.24) is 4.98 Å². The minimum absolute atomic E-state index is 0.0151. The third-order valence-electron chi connectivity index (χ3n) is 1.70. The van der Waals surface area contributed by atoms with Gasteiger partial charge in [-0.05, 0) is 24.6 Å². The first-order valence-corrected chi connectivity index (χ1v) is 4.25. The van der Waals surface area contributed by atoms with Crippen LogP contribution in [0, 0.1) is 6.92 Å². The van der Waals surface area contributed by atoms with Crippen LogP contribution >= 0.6 is 0 Å². The number of nitrogens with zero attached hydrogens (tertiary/aromatic N) is 1. The normalized spacial score (nSPS) is 12.5. The molecule has 0 bridgehead atoms. The number of rotatable bonds is 4. The van der Waals surface area contributed by atoms with Crippen molar-refractivity contribution in [3.63, 3.8) is 0 Å². The third kappa shape index (κ3) is 3.40. The molecule has 1 heterocycles. The molecular formula is C9H15N3O. The highest BCUT2D eigenvalue weighted by molar-refractivity contribution is 5.36. The Morgan fingerprint density at radius 2 is 2.46 bits per heavy atom. The van der Waals surface area contributed by atoms with Crippen LogP contribution in [0.5, 0.6) is 0 Å². The van der Waals surface area contributed by atoms with Gasteiger partial charge in [-0.15, -0.1) is 0 Å². The van der Waals surface area contributed by atoms with Crippen molar-refractivity contribution in [3.8, 4) is 0 Å². The molecule has 0 radical (unpaired) electrons. The van der Waals surface area contributed by atoms with Crippen LogP contribution in [0.3, 0.4) is 0 Å². The molecule has 0 aliphatic rings. The molecule has 1 atom stereocenters. The lowest BCUT2D eigenvalue weighted by Crippen LogP contribution is -2.32. The van der Waals surface area contributed by atoms with E-state index >= 15 is 0 Å². The maximum absolute atomic E-state index is 8.68. The molecule has 1 unspecified atom stereocenters. The molecule has 0 spiro atoms. The van der Waals surface area contributed by atoms with Gasteiger partial charge in [0.05, 0.1) is 6.61 Å². The zero-order valence-electron chi connectivity index (χ0n) is 7.70. The summed E-state index contributed by atoms with van der Waals surface area (Å²) >= 11 is 0. The number of aliphatic hydroxyl groups is 1. The summed E-state index contributed by atoms with van der Waals surface area (Å²) in [7, 11) is 0. The Labute approximate surface area is 77.8 Å². The minimum atomic E-state index is -0.234. The third-order valence-corrected chi connectivity index (χ3v) is 1.70. The van der Waals surface area contributed by atoms with E-state index in [2.05, 4.69) is 10.3 Å². The fourth-order valence-corrected chi connectivity index (χ4v) is 0.933. The van der Waals surface area contributed by atoms with Gasteiger partial charge in [-0.1, -0.05) is 0 Å². The number of aromatic nitrogens is 1. The van der Waals surface area contributed by atoms with Gasteiger partial charge in [0.25, 0.3) is 0 Å². The van der Waals surface area contributed by atoms with Gasteiger partial charge in [0.2, 0.25) is 0 Å². The number of nitrogens with two attached hydrogens (primary N) is 1. The van der Waals surface area contributed by atoms with Crippen LogP contribution in [0.15, 0.2) is 18.3 Å². The van der Waals surface area contributed by atoms with Crippen LogP contribution in [0.1, 0.15) is 5.56 Å². The Hall–Kier alpha value is -1.13. The molecule has 13 heavy (non-hydrogen) atoms. The van der Waals surface area contributed by atoms with Crippen molar-refractivity contribution < 1.29 is 5.11 Å². The number of pyridine rings is 1. The van der Waals surface area contributed by atoms with Gasteiger partial charge in [0.1, 0.15) is 5.82 Å². The van der Waals surface area contributed by atoms with Crippen LogP contribution in [0.2, 0.25) is 0 Å². The number of aryl methyl sites for hydroxylation is 1. The second kappa shape index (κ2) is 4.79. The van der Waals surface area contributed by atoms with E-state index in [-0.39, 0.29) is 12.6 Å². The van der Waals surface area contributed by atoms with Crippen LogP contribution in [-0.4, -0.2) is 29.3 Å². The highest BCUT2D eigenvalue weighted by Gasteiger charge is 1.99. The molecule has 4 heteroatoms. The molecule has 0 aromatic carbocycles. The van der Waals surface area contributed by atoms with Gasteiger partial charge in [-0.25, -0.2) is 4.98 Å². The first kappa shape index (κ1) is 9.95. The summed E-state index contributed by atoms with van der Waals surface area (Å²) in [6.45, 7) is 2.52. The Morgan fingerprint density at radius 3 is 3.08 bits per heavy atom. The molecule has 0 aliphatic carbocycles. The molecule has 1 aromatic rings. The molecule has 4 N–H and O–H groups in total. The number of anilines is 1. The average Bonchev–Trinajstić information content (AvgIpc) is 2.14. The maximum Gasteiger partial charge on any atom is 0.126 e. The fraction of sp³-hybridized carbons (Fsp3) is 0.444. The standard InChI is InChI=1S/C9H15N3O/c1-7-2-3-11-9(4-7)12-5-8(10)6-13/h2-4,8,13H,5-6,10H2,1H3,(H,11,12). The summed E-state index contributed by atoms with van der Waals surface area (Å²) in [6.07, 6.45) is 1.74. The van der Waals surface area contributed by atoms with Crippen LogP contribution < -0.4 is 11.1 Å². The predicted octanol–water partition coefficient (Wildman–Crippen LogP) is 0.122. The molecule has 0 saturated heterocycles. The SMILES string of the molecule is Cc1ccnc(NCC(N)CO)c1. The quantitative estimate of drug-likeness (QED) is 0.617. The zero-order valence-corrected chi connectivity index (χ0v) is 7.70. The van der Waals surface area contributed by atoms with E-state index in [1.54, 1.807) is 6.20 Å². The van der Waals surface area contributed by atoms with Gasteiger partial charge < -0.3 is 16.2 Å². The summed E-state index contributed by atoms with van der Waals surface area (Å²) in [5.74, 6) is 0.795. The van der Waals surface area contributed by atoms with Crippen molar-refractivity contribution in [2.75, 3.05) is 18.5 Å². The molecule has 4 nitrogen and oxygen atoms in total. The molecule has 1 rings (SSSR count). The molecule has 72 valence electrons. The smallest absolute Gasteiger partial charge is 0.126 e. The summed E-state index contributed by atoms with van der Waals surface area (Å²) in [5.41, 5.74) is 6.67. The van der Waals surface area contributed by atoms with E-state index in [9.17, 15) is 0 Å². The maximum atomic E-state index is 8.68. The van der Waals surface area contributed by atoms with E-state index in [1.807, 2.05) is 19.1 Å². The Kier molecular flexibility index (Phi) is 3.67. The molecule has 1 aromatic heterocycles. The highest BCUT2D eigenvalue weighted by atomic mass is 16.3. The average molecular weight is 181 g/mol. The van der Waals surface area contributed by atoms with E-state index in [1.165, 1.54) is 0 Å². The summed E-state index contributed by atoms with van der Waals surface area (Å²) in [6, 6.07) is 3.63. The lowest BCUT2D eigenvalue weighted by atomic mass is 10.3. The van der Waals surface area contributed by atoms with Crippen LogP contribution in [-0.2, 0) is 0 Å². The number of hydrogen-bond donors (Lipinski definition) is 3. The highest BCUT2D eigenvalue weighted by Crippen LogP contribution is 2.04. The topological polar surface area (TPSA) is 71.2 Å².